The minimum Gasteiger partial charge on any atom is -0.493 e. The van der Waals surface area contributed by atoms with E-state index in [-0.39, 0.29) is 18.9 Å². The molecule has 160 valence electrons. The summed E-state index contributed by atoms with van der Waals surface area (Å²) in [5.74, 6) is -0.423. The van der Waals surface area contributed by atoms with Crippen LogP contribution in [0.15, 0.2) is 42.5 Å². The van der Waals surface area contributed by atoms with Crippen molar-refractivity contribution in [2.75, 3.05) is 25.7 Å². The normalized spacial score (nSPS) is 15.9. The maximum absolute atomic E-state index is 12.9. The molecular formula is C23H23N3O5. The molecule has 0 saturated carbocycles. The lowest BCUT2D eigenvalue weighted by Gasteiger charge is -2.19. The molecule has 8 heteroatoms. The number of carbonyl (C=O) groups is 3. The first-order valence-electron chi connectivity index (χ1n) is 9.87. The third-order valence-electron chi connectivity index (χ3n) is 5.47. The van der Waals surface area contributed by atoms with Crippen LogP contribution in [-0.4, -0.2) is 49.4 Å². The van der Waals surface area contributed by atoms with Crippen molar-refractivity contribution >= 4 is 34.2 Å². The Morgan fingerprint density at radius 3 is 2.58 bits per heavy atom. The first-order chi connectivity index (χ1) is 14.9. The number of aromatic nitrogens is 1. The van der Waals surface area contributed by atoms with Gasteiger partial charge in [0.05, 0.1) is 25.8 Å². The molecule has 3 aromatic rings. The van der Waals surface area contributed by atoms with Gasteiger partial charge in [0.15, 0.2) is 11.5 Å². The quantitative estimate of drug-likeness (QED) is 0.471. The Labute approximate surface area is 179 Å². The van der Waals surface area contributed by atoms with Crippen molar-refractivity contribution in [2.45, 2.75) is 19.4 Å². The molecule has 1 fully saturated rings. The minimum absolute atomic E-state index is 0.111. The van der Waals surface area contributed by atoms with Crippen molar-refractivity contribution in [3.63, 3.8) is 0 Å². The van der Waals surface area contributed by atoms with Crippen LogP contribution in [0.25, 0.3) is 10.9 Å². The van der Waals surface area contributed by atoms with E-state index in [0.717, 1.165) is 5.52 Å². The van der Waals surface area contributed by atoms with Gasteiger partial charge in [-0.05, 0) is 25.1 Å². The number of Topliss-reactive ketones (excluding diaryl/α,β-unsaturated/α-hetero) is 1. The zero-order valence-corrected chi connectivity index (χ0v) is 17.5. The van der Waals surface area contributed by atoms with Crippen LogP contribution in [0.2, 0.25) is 0 Å². The predicted octanol–water partition coefficient (Wildman–Crippen LogP) is 2.60. The number of nitrogens with one attached hydrogen (secondary N) is 2. The van der Waals surface area contributed by atoms with Gasteiger partial charge in [-0.1, -0.05) is 18.2 Å². The van der Waals surface area contributed by atoms with Gasteiger partial charge in [0, 0.05) is 41.3 Å². The van der Waals surface area contributed by atoms with Crippen LogP contribution in [0.3, 0.4) is 0 Å². The van der Waals surface area contributed by atoms with Crippen LogP contribution in [0.1, 0.15) is 22.5 Å². The number of hydrogen-bond acceptors (Lipinski definition) is 5. The van der Waals surface area contributed by atoms with Crippen molar-refractivity contribution in [1.82, 2.24) is 10.3 Å². The zero-order valence-electron chi connectivity index (χ0n) is 17.5. The van der Waals surface area contributed by atoms with E-state index < -0.39 is 17.7 Å². The number of rotatable bonds is 6. The topological polar surface area (TPSA) is 101 Å². The Morgan fingerprint density at radius 2 is 1.84 bits per heavy atom. The number of ketones is 1. The lowest BCUT2D eigenvalue weighted by molar-refractivity contribution is -0.118. The van der Waals surface area contributed by atoms with Gasteiger partial charge >= 0.3 is 0 Å². The molecule has 1 aliphatic heterocycles. The fraction of sp³-hybridized carbons (Fsp3) is 0.261. The molecule has 2 amide bonds. The molecule has 31 heavy (non-hydrogen) atoms. The molecule has 8 nitrogen and oxygen atoms in total. The summed E-state index contributed by atoms with van der Waals surface area (Å²) in [5, 5.41) is 3.42. The molecule has 1 aromatic heterocycles. The Balaban J connectivity index is 1.49. The highest BCUT2D eigenvalue weighted by molar-refractivity contribution is 6.45. The number of ether oxygens (including phenoxy) is 2. The Morgan fingerprint density at radius 1 is 1.10 bits per heavy atom. The average molecular weight is 421 g/mol. The van der Waals surface area contributed by atoms with Gasteiger partial charge in [-0.2, -0.15) is 0 Å². The van der Waals surface area contributed by atoms with Crippen molar-refractivity contribution in [2.24, 2.45) is 0 Å². The SMILES string of the molecule is COc1ccc(N2C[C@@H](NC(=O)C(=O)c3c(C)[nH]c4ccccc34)CC2=O)cc1OC. The fourth-order valence-corrected chi connectivity index (χ4v) is 3.98. The number of fused-ring (bicyclic) bond motifs is 1. The number of aryl methyl sites for hydroxylation is 1. The molecule has 2 heterocycles. The number of hydrogen-bond donors (Lipinski definition) is 2. The number of methoxy groups -OCH3 is 2. The zero-order chi connectivity index (χ0) is 22.1. The highest BCUT2D eigenvalue weighted by Crippen LogP contribution is 2.33. The van der Waals surface area contributed by atoms with Gasteiger partial charge in [0.25, 0.3) is 11.7 Å². The summed E-state index contributed by atoms with van der Waals surface area (Å²) >= 11 is 0. The smallest absolute Gasteiger partial charge is 0.292 e. The number of anilines is 1. The second-order valence-electron chi connectivity index (χ2n) is 7.42. The second kappa shape index (κ2) is 8.14. The first kappa shape index (κ1) is 20.5. The van der Waals surface area contributed by atoms with E-state index in [0.29, 0.717) is 33.8 Å². The first-order valence-corrected chi connectivity index (χ1v) is 9.87. The van der Waals surface area contributed by atoms with Crippen LogP contribution >= 0.6 is 0 Å². The standard InChI is InChI=1S/C23H23N3O5/c1-13-21(16-6-4-5-7-17(16)24-13)22(28)23(29)25-14-10-20(27)26(12-14)15-8-9-18(30-2)19(11-15)31-3/h4-9,11,14,24H,10,12H2,1-3H3,(H,25,29)/t14-/m0/s1. The number of carbonyl (C=O) groups excluding carboxylic acids is 3. The van der Waals surface area contributed by atoms with E-state index in [9.17, 15) is 14.4 Å². The molecule has 0 spiro atoms. The molecule has 2 aromatic carbocycles. The second-order valence-corrected chi connectivity index (χ2v) is 7.42. The summed E-state index contributed by atoms with van der Waals surface area (Å²) in [6, 6.07) is 12.1. The molecular weight excluding hydrogens is 398 g/mol. The number of para-hydroxylation sites is 1. The van der Waals surface area contributed by atoms with E-state index >= 15 is 0 Å². The Hall–Kier alpha value is -3.81. The monoisotopic (exact) mass is 421 g/mol. The van der Waals surface area contributed by atoms with Gasteiger partial charge in [0.2, 0.25) is 5.91 Å². The van der Waals surface area contributed by atoms with Crippen molar-refractivity contribution < 1.29 is 23.9 Å². The number of aromatic amines is 1. The van der Waals surface area contributed by atoms with Crippen LogP contribution in [0, 0.1) is 6.92 Å². The average Bonchev–Trinajstić information content (AvgIpc) is 3.30. The molecule has 1 atom stereocenters. The molecule has 0 bridgehead atoms. The van der Waals surface area contributed by atoms with E-state index in [1.807, 2.05) is 18.2 Å². The maximum Gasteiger partial charge on any atom is 0.292 e. The summed E-state index contributed by atoms with van der Waals surface area (Å²) in [7, 11) is 3.06. The van der Waals surface area contributed by atoms with Gasteiger partial charge in [-0.25, -0.2) is 0 Å². The lowest BCUT2D eigenvalue weighted by atomic mass is 10.1. The lowest BCUT2D eigenvalue weighted by Crippen LogP contribution is -2.41. The summed E-state index contributed by atoms with van der Waals surface area (Å²) in [6.45, 7) is 2.03. The summed E-state index contributed by atoms with van der Waals surface area (Å²) in [4.78, 5) is 42.8. The van der Waals surface area contributed by atoms with Crippen LogP contribution in [-0.2, 0) is 9.59 Å². The summed E-state index contributed by atoms with van der Waals surface area (Å²) in [5.41, 5.74) is 2.43. The largest absolute Gasteiger partial charge is 0.493 e. The number of H-pyrrole nitrogens is 1. The van der Waals surface area contributed by atoms with E-state index in [4.69, 9.17) is 9.47 Å². The van der Waals surface area contributed by atoms with Gasteiger partial charge in [-0.3, -0.25) is 14.4 Å². The third kappa shape index (κ3) is 3.72. The van der Waals surface area contributed by atoms with E-state index in [1.165, 1.54) is 14.2 Å². The predicted molar refractivity (Wildman–Crippen MR) is 116 cm³/mol. The fourth-order valence-electron chi connectivity index (χ4n) is 3.98. The number of benzene rings is 2. The van der Waals surface area contributed by atoms with E-state index in [1.54, 1.807) is 36.1 Å². The third-order valence-corrected chi connectivity index (χ3v) is 5.47. The van der Waals surface area contributed by atoms with Crippen LogP contribution < -0.4 is 19.7 Å². The molecule has 0 aliphatic carbocycles. The van der Waals surface area contributed by atoms with Crippen LogP contribution in [0.5, 0.6) is 11.5 Å². The van der Waals surface area contributed by atoms with Crippen molar-refractivity contribution in [3.8, 4) is 11.5 Å². The molecule has 4 rings (SSSR count). The maximum atomic E-state index is 12.9. The van der Waals surface area contributed by atoms with E-state index in [2.05, 4.69) is 10.3 Å². The minimum atomic E-state index is -0.722. The van der Waals surface area contributed by atoms with Gasteiger partial charge in [-0.15, -0.1) is 0 Å². The molecule has 2 N–H and O–H groups in total. The van der Waals surface area contributed by atoms with Crippen LogP contribution in [0.4, 0.5) is 5.69 Å². The van der Waals surface area contributed by atoms with Gasteiger partial charge < -0.3 is 24.7 Å². The molecule has 0 unspecified atom stereocenters. The number of nitrogens with zero attached hydrogens (tertiary/aromatic N) is 1. The molecule has 0 radical (unpaired) electrons. The van der Waals surface area contributed by atoms with Gasteiger partial charge in [0.1, 0.15) is 0 Å². The summed E-state index contributed by atoms with van der Waals surface area (Å²) in [6.07, 6.45) is 0.111. The highest BCUT2D eigenvalue weighted by atomic mass is 16.5. The Bertz CT molecular complexity index is 1180. The molecule has 1 aliphatic rings. The molecule has 1 saturated heterocycles. The Kier molecular flexibility index (Phi) is 5.37. The van der Waals surface area contributed by atoms with Crippen molar-refractivity contribution in [1.29, 1.82) is 0 Å². The summed E-state index contributed by atoms with van der Waals surface area (Å²) < 4.78 is 10.5. The van der Waals surface area contributed by atoms with Crippen molar-refractivity contribution in [3.05, 3.63) is 53.7 Å². The number of amides is 2. The highest BCUT2D eigenvalue weighted by Gasteiger charge is 2.34.